The van der Waals surface area contributed by atoms with Gasteiger partial charge in [-0.25, -0.2) is 4.79 Å². The van der Waals surface area contributed by atoms with Crippen molar-refractivity contribution >= 4 is 17.6 Å². The molecule has 4 nitrogen and oxygen atoms in total. The van der Waals surface area contributed by atoms with Crippen molar-refractivity contribution in [1.82, 2.24) is 0 Å². The number of hydrogen-bond acceptors (Lipinski definition) is 4. The standard InChI is InChI=1S/C16H9ClN2O2/c17-15-7-13(9-19)12(8-18)6-14(15)16(20)21-10-11-4-2-1-3-5-11/h1-7H,10H2. The highest BCUT2D eigenvalue weighted by Gasteiger charge is 2.16. The molecule has 0 aliphatic rings. The van der Waals surface area contributed by atoms with Crippen LogP contribution in [0, 0.1) is 22.7 Å². The lowest BCUT2D eigenvalue weighted by atomic mass is 10.1. The summed E-state index contributed by atoms with van der Waals surface area (Å²) in [6.07, 6.45) is 0. The molecule has 2 aromatic rings. The lowest BCUT2D eigenvalue weighted by Crippen LogP contribution is -2.07. The third-order valence-electron chi connectivity index (χ3n) is 2.78. The Morgan fingerprint density at radius 1 is 1.10 bits per heavy atom. The van der Waals surface area contributed by atoms with Gasteiger partial charge in [0.25, 0.3) is 0 Å². The van der Waals surface area contributed by atoms with E-state index in [2.05, 4.69) is 0 Å². The molecule has 0 aromatic heterocycles. The normalized spacial score (nSPS) is 9.48. The van der Waals surface area contributed by atoms with Crippen molar-refractivity contribution in [2.75, 3.05) is 0 Å². The number of esters is 1. The average Bonchev–Trinajstić information content (AvgIpc) is 2.53. The molecule has 0 amide bonds. The molecule has 2 rings (SSSR count). The molecule has 0 saturated carbocycles. The van der Waals surface area contributed by atoms with E-state index in [0.717, 1.165) is 5.56 Å². The van der Waals surface area contributed by atoms with Gasteiger partial charge in [-0.3, -0.25) is 0 Å². The highest BCUT2D eigenvalue weighted by Crippen LogP contribution is 2.22. The molecule has 0 N–H and O–H groups in total. The van der Waals surface area contributed by atoms with Crippen LogP contribution < -0.4 is 0 Å². The van der Waals surface area contributed by atoms with Gasteiger partial charge < -0.3 is 4.74 Å². The fourth-order valence-corrected chi connectivity index (χ4v) is 1.96. The highest BCUT2D eigenvalue weighted by atomic mass is 35.5. The van der Waals surface area contributed by atoms with E-state index in [1.807, 2.05) is 42.5 Å². The topological polar surface area (TPSA) is 73.9 Å². The number of halogens is 1. The van der Waals surface area contributed by atoms with Gasteiger partial charge in [-0.1, -0.05) is 41.9 Å². The van der Waals surface area contributed by atoms with Crippen molar-refractivity contribution in [2.45, 2.75) is 6.61 Å². The first-order valence-electron chi connectivity index (χ1n) is 6.00. The Balaban J connectivity index is 2.20. The van der Waals surface area contributed by atoms with E-state index in [9.17, 15) is 4.79 Å². The molecule has 0 unspecified atom stereocenters. The predicted molar refractivity (Wildman–Crippen MR) is 76.4 cm³/mol. The maximum atomic E-state index is 12.0. The maximum absolute atomic E-state index is 12.0. The molecule has 0 atom stereocenters. The van der Waals surface area contributed by atoms with Crippen molar-refractivity contribution in [2.24, 2.45) is 0 Å². The number of benzene rings is 2. The average molecular weight is 297 g/mol. The van der Waals surface area contributed by atoms with E-state index in [0.29, 0.717) is 0 Å². The molecule has 0 heterocycles. The Morgan fingerprint density at radius 3 is 2.33 bits per heavy atom. The molecule has 0 radical (unpaired) electrons. The van der Waals surface area contributed by atoms with Crippen LogP contribution in [0.25, 0.3) is 0 Å². The highest BCUT2D eigenvalue weighted by molar-refractivity contribution is 6.33. The number of carbonyl (C=O) groups is 1. The monoisotopic (exact) mass is 296 g/mol. The van der Waals surface area contributed by atoms with Crippen molar-refractivity contribution < 1.29 is 9.53 Å². The summed E-state index contributed by atoms with van der Waals surface area (Å²) in [6, 6.07) is 15.5. The first-order chi connectivity index (χ1) is 10.2. The summed E-state index contributed by atoms with van der Waals surface area (Å²) in [4.78, 5) is 12.0. The summed E-state index contributed by atoms with van der Waals surface area (Å²) < 4.78 is 5.15. The Morgan fingerprint density at radius 2 is 1.71 bits per heavy atom. The minimum atomic E-state index is -0.634. The second kappa shape index (κ2) is 6.56. The molecule has 21 heavy (non-hydrogen) atoms. The Labute approximate surface area is 126 Å². The van der Waals surface area contributed by atoms with Gasteiger partial charge in [0.05, 0.1) is 21.7 Å². The maximum Gasteiger partial charge on any atom is 0.340 e. The summed E-state index contributed by atoms with van der Waals surface area (Å²) in [6.45, 7) is 0.109. The summed E-state index contributed by atoms with van der Waals surface area (Å²) in [7, 11) is 0. The molecule has 0 spiro atoms. The Kier molecular flexibility index (Phi) is 4.56. The van der Waals surface area contributed by atoms with Crippen LogP contribution in [-0.4, -0.2) is 5.97 Å². The minimum absolute atomic E-state index is 0.0724. The van der Waals surface area contributed by atoms with Crippen LogP contribution in [0.4, 0.5) is 0 Å². The molecule has 0 saturated heterocycles. The lowest BCUT2D eigenvalue weighted by molar-refractivity contribution is 0.0473. The van der Waals surface area contributed by atoms with E-state index >= 15 is 0 Å². The van der Waals surface area contributed by atoms with Crippen LogP contribution in [0.3, 0.4) is 0 Å². The number of ether oxygens (including phenoxy) is 1. The minimum Gasteiger partial charge on any atom is -0.457 e. The summed E-state index contributed by atoms with van der Waals surface area (Å²) >= 11 is 5.95. The van der Waals surface area contributed by atoms with Crippen molar-refractivity contribution in [3.05, 3.63) is 69.7 Å². The second-order valence-corrected chi connectivity index (χ2v) is 4.57. The van der Waals surface area contributed by atoms with Gasteiger partial charge in [0.2, 0.25) is 0 Å². The van der Waals surface area contributed by atoms with Crippen molar-refractivity contribution in [3.63, 3.8) is 0 Å². The van der Waals surface area contributed by atoms with E-state index < -0.39 is 5.97 Å². The van der Waals surface area contributed by atoms with Gasteiger partial charge in [-0.15, -0.1) is 0 Å². The fraction of sp³-hybridized carbons (Fsp3) is 0.0625. The quantitative estimate of drug-likeness (QED) is 0.813. The predicted octanol–water partition coefficient (Wildman–Crippen LogP) is 3.44. The molecular weight excluding hydrogens is 288 g/mol. The SMILES string of the molecule is N#Cc1cc(Cl)c(C(=O)OCc2ccccc2)cc1C#N. The van der Waals surface area contributed by atoms with Crippen molar-refractivity contribution in [1.29, 1.82) is 10.5 Å². The van der Waals surface area contributed by atoms with Gasteiger partial charge in [0.15, 0.2) is 0 Å². The number of nitriles is 2. The Hall–Kier alpha value is -2.82. The van der Waals surface area contributed by atoms with Crippen LogP contribution in [-0.2, 0) is 11.3 Å². The molecule has 2 aromatic carbocycles. The van der Waals surface area contributed by atoms with E-state index in [-0.39, 0.29) is 28.3 Å². The van der Waals surface area contributed by atoms with Crippen LogP contribution in [0.1, 0.15) is 27.0 Å². The number of rotatable bonds is 3. The summed E-state index contributed by atoms with van der Waals surface area (Å²) in [5.41, 5.74) is 1.13. The van der Waals surface area contributed by atoms with E-state index in [1.54, 1.807) is 0 Å². The molecule has 0 aliphatic carbocycles. The zero-order valence-electron chi connectivity index (χ0n) is 10.8. The van der Waals surface area contributed by atoms with Gasteiger partial charge >= 0.3 is 5.97 Å². The number of hydrogen-bond donors (Lipinski definition) is 0. The van der Waals surface area contributed by atoms with Gasteiger partial charge in [-0.05, 0) is 17.7 Å². The molecular formula is C16H9ClN2O2. The first kappa shape index (κ1) is 14.6. The fourth-order valence-electron chi connectivity index (χ4n) is 1.72. The van der Waals surface area contributed by atoms with Gasteiger partial charge in [0.1, 0.15) is 18.7 Å². The summed E-state index contributed by atoms with van der Waals surface area (Å²) in [5.74, 6) is -0.634. The molecule has 5 heteroatoms. The number of nitrogens with zero attached hydrogens (tertiary/aromatic N) is 2. The largest absolute Gasteiger partial charge is 0.457 e. The van der Waals surface area contributed by atoms with E-state index in [4.69, 9.17) is 26.9 Å². The second-order valence-electron chi connectivity index (χ2n) is 4.16. The smallest absolute Gasteiger partial charge is 0.340 e. The third-order valence-corrected chi connectivity index (χ3v) is 3.09. The lowest BCUT2D eigenvalue weighted by Gasteiger charge is -2.07. The van der Waals surface area contributed by atoms with Crippen molar-refractivity contribution in [3.8, 4) is 12.1 Å². The van der Waals surface area contributed by atoms with Crippen LogP contribution >= 0.6 is 11.6 Å². The molecule has 0 aliphatic heterocycles. The van der Waals surface area contributed by atoms with Crippen LogP contribution in [0.2, 0.25) is 5.02 Å². The van der Waals surface area contributed by atoms with Crippen LogP contribution in [0.15, 0.2) is 42.5 Å². The van der Waals surface area contributed by atoms with Gasteiger partial charge in [-0.2, -0.15) is 10.5 Å². The molecule has 102 valence electrons. The zero-order valence-corrected chi connectivity index (χ0v) is 11.6. The molecule has 0 fully saturated rings. The third kappa shape index (κ3) is 3.39. The summed E-state index contributed by atoms with van der Waals surface area (Å²) in [5, 5.41) is 17.9. The molecule has 0 bridgehead atoms. The van der Waals surface area contributed by atoms with Gasteiger partial charge in [0, 0.05) is 0 Å². The van der Waals surface area contributed by atoms with E-state index in [1.165, 1.54) is 12.1 Å². The first-order valence-corrected chi connectivity index (χ1v) is 6.38. The Bertz CT molecular complexity index is 758. The van der Waals surface area contributed by atoms with Crippen LogP contribution in [0.5, 0.6) is 0 Å². The zero-order chi connectivity index (χ0) is 15.2. The number of carbonyl (C=O) groups excluding carboxylic acids is 1.